The zero-order valence-corrected chi connectivity index (χ0v) is 8.07. The Bertz CT molecular complexity index is 335. The zero-order valence-electron chi connectivity index (χ0n) is 8.07. The van der Waals surface area contributed by atoms with Gasteiger partial charge in [0.1, 0.15) is 0 Å². The van der Waals surface area contributed by atoms with Crippen molar-refractivity contribution < 1.29 is 4.52 Å². The quantitative estimate of drug-likeness (QED) is 0.684. The van der Waals surface area contributed by atoms with Crippen LogP contribution in [-0.4, -0.2) is 10.1 Å². The van der Waals surface area contributed by atoms with Crippen molar-refractivity contribution in [1.82, 2.24) is 10.1 Å². The van der Waals surface area contributed by atoms with Crippen molar-refractivity contribution in [1.29, 1.82) is 5.26 Å². The summed E-state index contributed by atoms with van der Waals surface area (Å²) in [5, 5.41) is 12.3. The second kappa shape index (κ2) is 4.23. The molecule has 1 aliphatic rings. The van der Waals surface area contributed by atoms with E-state index in [-0.39, 0.29) is 0 Å². The summed E-state index contributed by atoms with van der Waals surface area (Å²) in [5.74, 6) is 2.08. The van der Waals surface area contributed by atoms with Gasteiger partial charge in [0.25, 0.3) is 0 Å². The van der Waals surface area contributed by atoms with E-state index in [9.17, 15) is 0 Å². The molecule has 0 unspecified atom stereocenters. The lowest BCUT2D eigenvalue weighted by Gasteiger charge is -2.20. The smallest absolute Gasteiger partial charge is 0.226 e. The van der Waals surface area contributed by atoms with Gasteiger partial charge in [0.15, 0.2) is 5.82 Å². The summed E-state index contributed by atoms with van der Waals surface area (Å²) >= 11 is 0. The molecule has 0 bridgehead atoms. The highest BCUT2D eigenvalue weighted by Crippen LogP contribution is 2.34. The Hall–Kier alpha value is -1.37. The predicted molar refractivity (Wildman–Crippen MR) is 49.4 cm³/mol. The maximum atomic E-state index is 8.37. The van der Waals surface area contributed by atoms with Crippen molar-refractivity contribution >= 4 is 0 Å². The molecule has 74 valence electrons. The molecule has 0 saturated heterocycles. The first kappa shape index (κ1) is 9.20. The number of aryl methyl sites for hydroxylation is 1. The number of unbranched alkanes of at least 4 members (excludes halogenated alkanes) is 1. The summed E-state index contributed by atoms with van der Waals surface area (Å²) in [7, 11) is 0. The molecule has 0 amide bonds. The van der Waals surface area contributed by atoms with Crippen LogP contribution in [0.15, 0.2) is 4.52 Å². The van der Waals surface area contributed by atoms with Crippen molar-refractivity contribution in [3.63, 3.8) is 0 Å². The van der Waals surface area contributed by atoms with Gasteiger partial charge in [0, 0.05) is 18.8 Å². The lowest BCUT2D eigenvalue weighted by Crippen LogP contribution is -2.10. The molecule has 1 aromatic heterocycles. The first-order valence-corrected chi connectivity index (χ1v) is 5.09. The maximum absolute atomic E-state index is 8.37. The van der Waals surface area contributed by atoms with Gasteiger partial charge in [-0.1, -0.05) is 11.6 Å². The molecule has 0 radical (unpaired) electrons. The first-order chi connectivity index (χ1) is 6.90. The summed E-state index contributed by atoms with van der Waals surface area (Å²) in [6, 6.07) is 2.10. The molecule has 2 rings (SSSR count). The predicted octanol–water partition coefficient (Wildman–Crippen LogP) is 2.18. The van der Waals surface area contributed by atoms with E-state index >= 15 is 0 Å². The minimum absolute atomic E-state index is 0.531. The molecular weight excluding hydrogens is 178 g/mol. The molecule has 1 fully saturated rings. The summed E-state index contributed by atoms with van der Waals surface area (Å²) in [6.45, 7) is 0. The molecule has 0 atom stereocenters. The monoisotopic (exact) mass is 191 g/mol. The van der Waals surface area contributed by atoms with Gasteiger partial charge in [0.05, 0.1) is 6.07 Å². The standard InChI is InChI=1S/C10H13N3O/c11-7-2-1-6-9-12-10(13-14-9)8-4-3-5-8/h8H,1-6H2. The van der Waals surface area contributed by atoms with Gasteiger partial charge in [-0.25, -0.2) is 0 Å². The third kappa shape index (κ3) is 1.92. The van der Waals surface area contributed by atoms with Gasteiger partial charge in [-0.2, -0.15) is 10.2 Å². The van der Waals surface area contributed by atoms with Crippen molar-refractivity contribution in [2.45, 2.75) is 44.4 Å². The van der Waals surface area contributed by atoms with Crippen molar-refractivity contribution in [3.8, 4) is 6.07 Å². The highest BCUT2D eigenvalue weighted by molar-refractivity contribution is 4.99. The number of nitriles is 1. The minimum Gasteiger partial charge on any atom is -0.339 e. The van der Waals surface area contributed by atoms with Crippen molar-refractivity contribution in [2.75, 3.05) is 0 Å². The van der Waals surface area contributed by atoms with E-state index in [1.54, 1.807) is 0 Å². The van der Waals surface area contributed by atoms with E-state index < -0.39 is 0 Å². The topological polar surface area (TPSA) is 62.7 Å². The number of aromatic nitrogens is 2. The SMILES string of the molecule is N#CCCCc1nc(C2CCC2)no1. The van der Waals surface area contributed by atoms with E-state index in [1.807, 2.05) is 0 Å². The minimum atomic E-state index is 0.531. The van der Waals surface area contributed by atoms with Crippen LogP contribution >= 0.6 is 0 Å². The van der Waals surface area contributed by atoms with Crippen LogP contribution in [0.25, 0.3) is 0 Å². The third-order valence-electron chi connectivity index (χ3n) is 2.63. The second-order valence-electron chi connectivity index (χ2n) is 3.69. The summed E-state index contributed by atoms with van der Waals surface area (Å²) in [5.41, 5.74) is 0. The average Bonchev–Trinajstić information content (AvgIpc) is 2.51. The van der Waals surface area contributed by atoms with E-state index in [0.717, 1.165) is 18.7 Å². The molecule has 0 aromatic carbocycles. The summed E-state index contributed by atoms with van der Waals surface area (Å²) < 4.78 is 5.10. The van der Waals surface area contributed by atoms with Crippen LogP contribution in [0.5, 0.6) is 0 Å². The van der Waals surface area contributed by atoms with Gasteiger partial charge in [-0.05, 0) is 19.3 Å². The normalized spacial score (nSPS) is 16.2. The van der Waals surface area contributed by atoms with Crippen molar-refractivity contribution in [3.05, 3.63) is 11.7 Å². The van der Waals surface area contributed by atoms with E-state index in [2.05, 4.69) is 16.2 Å². The third-order valence-corrected chi connectivity index (χ3v) is 2.63. The van der Waals surface area contributed by atoms with Gasteiger partial charge >= 0.3 is 0 Å². The van der Waals surface area contributed by atoms with Crippen LogP contribution in [0, 0.1) is 11.3 Å². The zero-order chi connectivity index (χ0) is 9.80. The Kier molecular flexibility index (Phi) is 2.78. The highest BCUT2D eigenvalue weighted by atomic mass is 16.5. The van der Waals surface area contributed by atoms with Gasteiger partial charge in [-0.3, -0.25) is 0 Å². The van der Waals surface area contributed by atoms with E-state index in [1.165, 1.54) is 19.3 Å². The first-order valence-electron chi connectivity index (χ1n) is 5.09. The second-order valence-corrected chi connectivity index (χ2v) is 3.69. The Morgan fingerprint density at radius 3 is 3.00 bits per heavy atom. The average molecular weight is 191 g/mol. The fourth-order valence-electron chi connectivity index (χ4n) is 1.52. The molecule has 0 N–H and O–H groups in total. The highest BCUT2D eigenvalue weighted by Gasteiger charge is 2.24. The molecule has 1 aromatic rings. The van der Waals surface area contributed by atoms with E-state index in [0.29, 0.717) is 18.2 Å². The van der Waals surface area contributed by atoms with Crippen LogP contribution in [0.4, 0.5) is 0 Å². The number of rotatable bonds is 4. The van der Waals surface area contributed by atoms with Crippen LogP contribution in [-0.2, 0) is 6.42 Å². The van der Waals surface area contributed by atoms with Gasteiger partial charge in [-0.15, -0.1) is 0 Å². The largest absolute Gasteiger partial charge is 0.339 e. The molecule has 0 aliphatic heterocycles. The molecule has 1 aliphatic carbocycles. The molecule has 4 heteroatoms. The molecule has 1 heterocycles. The molecule has 1 saturated carbocycles. The van der Waals surface area contributed by atoms with Crippen LogP contribution in [0.2, 0.25) is 0 Å². The number of hydrogen-bond acceptors (Lipinski definition) is 4. The Morgan fingerprint density at radius 1 is 1.50 bits per heavy atom. The lowest BCUT2D eigenvalue weighted by atomic mass is 9.85. The number of hydrogen-bond donors (Lipinski definition) is 0. The fraction of sp³-hybridized carbons (Fsp3) is 0.700. The Labute approximate surface area is 82.9 Å². The molecular formula is C10H13N3O. The Morgan fingerprint density at radius 2 is 2.36 bits per heavy atom. The van der Waals surface area contributed by atoms with E-state index in [4.69, 9.17) is 9.78 Å². The lowest BCUT2D eigenvalue weighted by molar-refractivity contribution is 0.346. The summed E-state index contributed by atoms with van der Waals surface area (Å²) in [4.78, 5) is 4.32. The van der Waals surface area contributed by atoms with Gasteiger partial charge in [0.2, 0.25) is 5.89 Å². The van der Waals surface area contributed by atoms with Crippen LogP contribution < -0.4 is 0 Å². The fourth-order valence-corrected chi connectivity index (χ4v) is 1.52. The van der Waals surface area contributed by atoms with Gasteiger partial charge < -0.3 is 4.52 Å². The van der Waals surface area contributed by atoms with Crippen LogP contribution in [0.3, 0.4) is 0 Å². The van der Waals surface area contributed by atoms with Crippen LogP contribution in [0.1, 0.15) is 49.7 Å². The molecule has 14 heavy (non-hydrogen) atoms. The number of nitrogens with zero attached hydrogens (tertiary/aromatic N) is 3. The molecule has 0 spiro atoms. The maximum Gasteiger partial charge on any atom is 0.226 e. The molecule has 4 nitrogen and oxygen atoms in total. The Balaban J connectivity index is 1.86. The summed E-state index contributed by atoms with van der Waals surface area (Å²) in [6.07, 6.45) is 5.76. The van der Waals surface area contributed by atoms with Crippen molar-refractivity contribution in [2.24, 2.45) is 0 Å².